The molecule has 0 saturated carbocycles. The number of carbonyl (C=O) groups excluding carboxylic acids is 1. The van der Waals surface area contributed by atoms with Crippen molar-refractivity contribution in [2.75, 3.05) is 5.32 Å². The summed E-state index contributed by atoms with van der Waals surface area (Å²) in [4.78, 5) is 16.1. The first-order chi connectivity index (χ1) is 8.56. The summed E-state index contributed by atoms with van der Waals surface area (Å²) in [6.45, 7) is 3.61. The van der Waals surface area contributed by atoms with E-state index in [4.69, 9.17) is 4.52 Å². The highest BCUT2D eigenvalue weighted by Gasteiger charge is 2.18. The van der Waals surface area contributed by atoms with Gasteiger partial charge < -0.3 is 9.09 Å². The van der Waals surface area contributed by atoms with E-state index in [0.717, 1.165) is 10.9 Å². The van der Waals surface area contributed by atoms with Crippen molar-refractivity contribution < 1.29 is 9.32 Å². The van der Waals surface area contributed by atoms with Crippen LogP contribution in [0.1, 0.15) is 12.6 Å². The van der Waals surface area contributed by atoms with Crippen molar-refractivity contribution in [3.63, 3.8) is 0 Å². The maximum atomic E-state index is 11.9. The van der Waals surface area contributed by atoms with Gasteiger partial charge in [-0.2, -0.15) is 0 Å². The van der Waals surface area contributed by atoms with E-state index in [1.807, 2.05) is 24.7 Å². The Bertz CT molecular complexity index is 549. The molecule has 0 aliphatic rings. The van der Waals surface area contributed by atoms with Gasteiger partial charge in [0, 0.05) is 25.5 Å². The molecule has 0 aliphatic heterocycles. The van der Waals surface area contributed by atoms with E-state index in [1.54, 1.807) is 19.2 Å². The third kappa shape index (κ3) is 2.92. The lowest BCUT2D eigenvalue weighted by molar-refractivity contribution is -0.115. The van der Waals surface area contributed by atoms with Crippen molar-refractivity contribution in [1.29, 1.82) is 0 Å². The Kier molecular flexibility index (Phi) is 3.71. The zero-order chi connectivity index (χ0) is 13.1. The summed E-state index contributed by atoms with van der Waals surface area (Å²) in [7, 11) is 1.89. The number of nitrogens with zero attached hydrogens (tertiary/aromatic N) is 3. The van der Waals surface area contributed by atoms with Crippen molar-refractivity contribution in [2.24, 2.45) is 7.05 Å². The molecule has 2 heterocycles. The molecular formula is C11H14N4O2S. The molecule has 6 nitrogen and oxygen atoms in total. The standard InChI is InChI=1S/C11H14N4O2S/c1-7-6-9(17-14-7)13-10(16)8(2)18-11-12-4-5-15(11)3/h4-6,8H,1-3H3,(H,13,16). The number of aromatic nitrogens is 3. The SMILES string of the molecule is Cc1cc(NC(=O)C(C)Sc2nccn2C)on1. The lowest BCUT2D eigenvalue weighted by Gasteiger charge is -2.09. The highest BCUT2D eigenvalue weighted by molar-refractivity contribution is 8.00. The van der Waals surface area contributed by atoms with Gasteiger partial charge in [0.25, 0.3) is 0 Å². The molecule has 2 aromatic heterocycles. The molecule has 2 rings (SSSR count). The maximum Gasteiger partial charge on any atom is 0.240 e. The molecule has 0 radical (unpaired) electrons. The zero-order valence-electron chi connectivity index (χ0n) is 10.4. The molecule has 1 N–H and O–H groups in total. The minimum atomic E-state index is -0.267. The Balaban J connectivity index is 1.95. The first-order valence-corrected chi connectivity index (χ1v) is 6.32. The van der Waals surface area contributed by atoms with Crippen LogP contribution in [0, 0.1) is 6.92 Å². The van der Waals surface area contributed by atoms with Gasteiger partial charge >= 0.3 is 0 Å². The Morgan fingerprint density at radius 2 is 2.39 bits per heavy atom. The summed E-state index contributed by atoms with van der Waals surface area (Å²) in [5.74, 6) is 0.226. The topological polar surface area (TPSA) is 73.0 Å². The summed E-state index contributed by atoms with van der Waals surface area (Å²) in [5.41, 5.74) is 0.731. The van der Waals surface area contributed by atoms with Gasteiger partial charge in [-0.1, -0.05) is 16.9 Å². The summed E-state index contributed by atoms with van der Waals surface area (Å²) in [6.07, 6.45) is 3.54. The first kappa shape index (κ1) is 12.7. The number of amides is 1. The average Bonchev–Trinajstić information content (AvgIpc) is 2.89. The van der Waals surface area contributed by atoms with Gasteiger partial charge in [-0.05, 0) is 13.8 Å². The van der Waals surface area contributed by atoms with E-state index >= 15 is 0 Å². The van der Waals surface area contributed by atoms with Crippen molar-refractivity contribution in [3.05, 3.63) is 24.2 Å². The number of hydrogen-bond donors (Lipinski definition) is 1. The van der Waals surface area contributed by atoms with Crippen LogP contribution in [0.5, 0.6) is 0 Å². The van der Waals surface area contributed by atoms with Gasteiger partial charge in [-0.15, -0.1) is 0 Å². The Morgan fingerprint density at radius 3 is 2.94 bits per heavy atom. The molecule has 0 fully saturated rings. The number of anilines is 1. The Morgan fingerprint density at radius 1 is 1.61 bits per heavy atom. The van der Waals surface area contributed by atoms with Gasteiger partial charge in [0.05, 0.1) is 10.9 Å². The highest BCUT2D eigenvalue weighted by atomic mass is 32.2. The predicted molar refractivity (Wildman–Crippen MR) is 68.4 cm³/mol. The fourth-order valence-corrected chi connectivity index (χ4v) is 2.15. The van der Waals surface area contributed by atoms with Crippen LogP contribution in [0.25, 0.3) is 0 Å². The second kappa shape index (κ2) is 5.26. The molecule has 1 amide bonds. The quantitative estimate of drug-likeness (QED) is 0.855. The molecule has 0 spiro atoms. The van der Waals surface area contributed by atoms with Crippen molar-refractivity contribution in [2.45, 2.75) is 24.3 Å². The van der Waals surface area contributed by atoms with Crippen LogP contribution < -0.4 is 5.32 Å². The molecule has 0 bridgehead atoms. The molecule has 96 valence electrons. The monoisotopic (exact) mass is 266 g/mol. The first-order valence-electron chi connectivity index (χ1n) is 5.44. The molecule has 7 heteroatoms. The zero-order valence-corrected chi connectivity index (χ0v) is 11.2. The molecule has 1 atom stereocenters. The van der Waals surface area contributed by atoms with Crippen LogP contribution in [0.15, 0.2) is 28.1 Å². The van der Waals surface area contributed by atoms with E-state index < -0.39 is 0 Å². The Hall–Kier alpha value is -1.76. The number of nitrogens with one attached hydrogen (secondary N) is 1. The van der Waals surface area contributed by atoms with E-state index in [2.05, 4.69) is 15.5 Å². The van der Waals surface area contributed by atoms with E-state index in [9.17, 15) is 4.79 Å². The maximum absolute atomic E-state index is 11.9. The second-order valence-electron chi connectivity index (χ2n) is 3.90. The lowest BCUT2D eigenvalue weighted by atomic mass is 10.4. The normalized spacial score (nSPS) is 12.4. The Labute approximate surface area is 109 Å². The van der Waals surface area contributed by atoms with Gasteiger partial charge in [0.1, 0.15) is 0 Å². The van der Waals surface area contributed by atoms with Crippen LogP contribution in [-0.2, 0) is 11.8 Å². The number of carbonyl (C=O) groups is 1. The van der Waals surface area contributed by atoms with E-state index in [0.29, 0.717) is 5.88 Å². The predicted octanol–water partition coefficient (Wildman–Crippen LogP) is 1.84. The van der Waals surface area contributed by atoms with Gasteiger partial charge in [0.2, 0.25) is 11.8 Å². The number of aryl methyl sites for hydroxylation is 2. The van der Waals surface area contributed by atoms with E-state index in [-0.39, 0.29) is 11.2 Å². The number of hydrogen-bond acceptors (Lipinski definition) is 5. The van der Waals surface area contributed by atoms with Crippen molar-refractivity contribution in [1.82, 2.24) is 14.7 Å². The summed E-state index contributed by atoms with van der Waals surface area (Å²) >= 11 is 1.39. The van der Waals surface area contributed by atoms with Gasteiger partial charge in [-0.3, -0.25) is 10.1 Å². The molecule has 0 aliphatic carbocycles. The third-order valence-electron chi connectivity index (χ3n) is 2.30. The molecule has 1 unspecified atom stereocenters. The molecular weight excluding hydrogens is 252 g/mol. The van der Waals surface area contributed by atoms with Crippen LogP contribution in [0.2, 0.25) is 0 Å². The van der Waals surface area contributed by atoms with Crippen LogP contribution >= 0.6 is 11.8 Å². The smallest absolute Gasteiger partial charge is 0.240 e. The molecule has 0 aromatic carbocycles. The highest BCUT2D eigenvalue weighted by Crippen LogP contribution is 2.22. The number of thioether (sulfide) groups is 1. The van der Waals surface area contributed by atoms with Crippen LogP contribution in [0.3, 0.4) is 0 Å². The van der Waals surface area contributed by atoms with Gasteiger partial charge in [0.15, 0.2) is 5.16 Å². The van der Waals surface area contributed by atoms with Crippen LogP contribution in [-0.4, -0.2) is 25.9 Å². The third-order valence-corrected chi connectivity index (χ3v) is 3.47. The number of imidazole rings is 1. The van der Waals surface area contributed by atoms with Crippen molar-refractivity contribution in [3.8, 4) is 0 Å². The fourth-order valence-electron chi connectivity index (χ4n) is 1.32. The lowest BCUT2D eigenvalue weighted by Crippen LogP contribution is -2.22. The minimum Gasteiger partial charge on any atom is -0.338 e. The minimum absolute atomic E-state index is 0.140. The van der Waals surface area contributed by atoms with Crippen LogP contribution in [0.4, 0.5) is 5.88 Å². The summed E-state index contributed by atoms with van der Waals surface area (Å²) < 4.78 is 6.80. The fraction of sp³-hybridized carbons (Fsp3) is 0.364. The largest absolute Gasteiger partial charge is 0.338 e. The average molecular weight is 266 g/mol. The summed E-state index contributed by atoms with van der Waals surface area (Å²) in [6, 6.07) is 1.68. The van der Waals surface area contributed by atoms with E-state index in [1.165, 1.54) is 11.8 Å². The molecule has 2 aromatic rings. The summed E-state index contributed by atoms with van der Waals surface area (Å²) in [5, 5.41) is 6.90. The molecule has 18 heavy (non-hydrogen) atoms. The van der Waals surface area contributed by atoms with Gasteiger partial charge in [-0.25, -0.2) is 4.98 Å². The molecule has 0 saturated heterocycles. The number of rotatable bonds is 4. The van der Waals surface area contributed by atoms with Crippen molar-refractivity contribution >= 4 is 23.6 Å². The second-order valence-corrected chi connectivity index (χ2v) is 5.21.